The lowest BCUT2D eigenvalue weighted by Crippen LogP contribution is -2.41. The number of methoxy groups -OCH3 is 2. The van der Waals surface area contributed by atoms with E-state index in [1.807, 2.05) is 0 Å². The highest BCUT2D eigenvalue weighted by atomic mass is 16.6. The van der Waals surface area contributed by atoms with Crippen LogP contribution in [0.4, 0.5) is 0 Å². The summed E-state index contributed by atoms with van der Waals surface area (Å²) in [5.74, 6) is -1.05. The molecule has 0 amide bonds. The Morgan fingerprint density at radius 1 is 0.889 bits per heavy atom. The van der Waals surface area contributed by atoms with E-state index in [2.05, 4.69) is 0 Å². The van der Waals surface area contributed by atoms with Gasteiger partial charge in [0.1, 0.15) is 11.2 Å². The molecule has 9 nitrogen and oxygen atoms in total. The van der Waals surface area contributed by atoms with E-state index in [0.717, 1.165) is 6.08 Å². The Bertz CT molecular complexity index is 1150. The lowest BCUT2D eigenvalue weighted by Gasteiger charge is -2.25. The van der Waals surface area contributed by atoms with Gasteiger partial charge in [0.25, 0.3) is 0 Å². The molecule has 2 aromatic carbocycles. The zero-order valence-corrected chi connectivity index (χ0v) is 20.3. The highest BCUT2D eigenvalue weighted by Gasteiger charge is 2.38. The van der Waals surface area contributed by atoms with Crippen LogP contribution in [0.1, 0.15) is 24.5 Å². The summed E-state index contributed by atoms with van der Waals surface area (Å²) >= 11 is 0. The number of aliphatic hydroxyl groups excluding tert-OH is 3. The summed E-state index contributed by atoms with van der Waals surface area (Å²) in [6, 6.07) is 9.33. The number of carbonyl (C=O) groups excluding carboxylic acids is 2. The van der Waals surface area contributed by atoms with Crippen molar-refractivity contribution < 1.29 is 44.2 Å². The van der Waals surface area contributed by atoms with Gasteiger partial charge in [0, 0.05) is 6.08 Å². The van der Waals surface area contributed by atoms with Crippen LogP contribution in [0.2, 0.25) is 0 Å². The molecule has 0 saturated carbocycles. The molecule has 0 bridgehead atoms. The third-order valence-electron chi connectivity index (χ3n) is 5.49. The smallest absolute Gasteiger partial charge is 0.322 e. The van der Waals surface area contributed by atoms with E-state index in [9.17, 15) is 30.0 Å². The molecule has 0 aliphatic heterocycles. The topological polar surface area (TPSA) is 143 Å². The van der Waals surface area contributed by atoms with Gasteiger partial charge in [-0.05, 0) is 54.0 Å². The Morgan fingerprint density at radius 3 is 2.03 bits per heavy atom. The number of phenolic OH excluding ortho intramolecular Hbond substituents is 1. The number of ketones is 1. The predicted octanol–water partition coefficient (Wildman–Crippen LogP) is 3.43. The molecule has 0 aliphatic carbocycles. The van der Waals surface area contributed by atoms with Gasteiger partial charge in [0.15, 0.2) is 28.8 Å². The molecule has 0 spiro atoms. The van der Waals surface area contributed by atoms with E-state index in [1.54, 1.807) is 31.2 Å². The molecule has 0 saturated heterocycles. The Morgan fingerprint density at radius 2 is 1.47 bits per heavy atom. The number of aliphatic hydroxyl groups is 3. The van der Waals surface area contributed by atoms with Crippen molar-refractivity contribution in [2.24, 2.45) is 5.41 Å². The van der Waals surface area contributed by atoms with Gasteiger partial charge in [0.2, 0.25) is 0 Å². The van der Waals surface area contributed by atoms with Crippen molar-refractivity contribution in [3.05, 3.63) is 71.5 Å². The van der Waals surface area contributed by atoms with E-state index >= 15 is 0 Å². The van der Waals surface area contributed by atoms with E-state index in [4.69, 9.17) is 14.2 Å². The SMILES string of the molecule is CCC(CO)(CO)C(=O)Oc1cc(/C=C/C(=O)/C=C(O)/C=C/c2ccc(OC)c(O)c2)ccc1OC. The molecule has 0 aliphatic rings. The largest absolute Gasteiger partial charge is 0.508 e. The van der Waals surface area contributed by atoms with Crippen LogP contribution in [-0.4, -0.2) is 59.6 Å². The summed E-state index contributed by atoms with van der Waals surface area (Å²) in [6.07, 6.45) is 6.67. The number of hydrogen-bond acceptors (Lipinski definition) is 9. The zero-order valence-electron chi connectivity index (χ0n) is 20.3. The molecule has 2 rings (SSSR count). The van der Waals surface area contributed by atoms with Gasteiger partial charge >= 0.3 is 5.97 Å². The Labute approximate surface area is 209 Å². The molecular weight excluding hydrogens is 468 g/mol. The van der Waals surface area contributed by atoms with Gasteiger partial charge in [-0.1, -0.05) is 31.2 Å². The summed E-state index contributed by atoms with van der Waals surface area (Å²) in [7, 11) is 2.83. The van der Waals surface area contributed by atoms with Crippen LogP contribution in [0.25, 0.3) is 12.2 Å². The maximum Gasteiger partial charge on any atom is 0.322 e. The number of hydrogen-bond donors (Lipinski definition) is 4. The number of esters is 1. The average Bonchev–Trinajstić information content (AvgIpc) is 2.88. The van der Waals surface area contributed by atoms with Crippen LogP contribution in [0.3, 0.4) is 0 Å². The molecule has 4 N–H and O–H groups in total. The quantitative estimate of drug-likeness (QED) is 0.114. The van der Waals surface area contributed by atoms with Gasteiger partial charge in [-0.15, -0.1) is 0 Å². The summed E-state index contributed by atoms with van der Waals surface area (Å²) in [4.78, 5) is 24.8. The van der Waals surface area contributed by atoms with Crippen molar-refractivity contribution in [3.63, 3.8) is 0 Å². The van der Waals surface area contributed by atoms with Gasteiger partial charge in [0.05, 0.1) is 27.4 Å². The number of ether oxygens (including phenoxy) is 3. The minimum absolute atomic E-state index is 0.0558. The van der Waals surface area contributed by atoms with Gasteiger partial charge < -0.3 is 34.6 Å². The first-order chi connectivity index (χ1) is 17.2. The summed E-state index contributed by atoms with van der Waals surface area (Å²) in [5.41, 5.74) is -0.363. The van der Waals surface area contributed by atoms with Crippen LogP contribution >= 0.6 is 0 Å². The van der Waals surface area contributed by atoms with Gasteiger partial charge in [-0.25, -0.2) is 0 Å². The third-order valence-corrected chi connectivity index (χ3v) is 5.49. The molecular formula is C27H30O9. The molecule has 0 atom stereocenters. The van der Waals surface area contributed by atoms with E-state index in [0.29, 0.717) is 16.9 Å². The first-order valence-electron chi connectivity index (χ1n) is 11.0. The number of allylic oxidation sites excluding steroid dienone is 3. The van der Waals surface area contributed by atoms with E-state index in [1.165, 1.54) is 50.7 Å². The lowest BCUT2D eigenvalue weighted by molar-refractivity contribution is -0.151. The number of phenols is 1. The fourth-order valence-electron chi connectivity index (χ4n) is 3.04. The van der Waals surface area contributed by atoms with E-state index in [-0.39, 0.29) is 29.4 Å². The van der Waals surface area contributed by atoms with Crippen molar-refractivity contribution in [3.8, 4) is 23.0 Å². The predicted molar refractivity (Wildman–Crippen MR) is 134 cm³/mol. The minimum atomic E-state index is -1.45. The maximum absolute atomic E-state index is 12.6. The summed E-state index contributed by atoms with van der Waals surface area (Å²) < 4.78 is 15.6. The Hall–Kier alpha value is -4.08. The van der Waals surface area contributed by atoms with E-state index < -0.39 is 30.4 Å². The van der Waals surface area contributed by atoms with Crippen LogP contribution in [-0.2, 0) is 9.59 Å². The van der Waals surface area contributed by atoms with Gasteiger partial charge in [-0.2, -0.15) is 0 Å². The zero-order chi connectivity index (χ0) is 26.7. The fraction of sp³-hybridized carbons (Fsp3) is 0.259. The third kappa shape index (κ3) is 7.21. The normalized spacial score (nSPS) is 12.2. The Balaban J connectivity index is 2.14. The molecule has 0 fully saturated rings. The maximum atomic E-state index is 12.6. The molecule has 2 aromatic rings. The monoisotopic (exact) mass is 498 g/mol. The van der Waals surface area contributed by atoms with Crippen molar-refractivity contribution in [1.29, 1.82) is 0 Å². The second kappa shape index (κ2) is 13.1. The molecule has 0 heterocycles. The summed E-state index contributed by atoms with van der Waals surface area (Å²) in [6.45, 7) is 0.479. The van der Waals surface area contributed by atoms with Crippen LogP contribution in [0.15, 0.2) is 60.4 Å². The van der Waals surface area contributed by atoms with Crippen LogP contribution in [0.5, 0.6) is 23.0 Å². The second-order valence-corrected chi connectivity index (χ2v) is 7.82. The van der Waals surface area contributed by atoms with Crippen LogP contribution in [0, 0.1) is 5.41 Å². The second-order valence-electron chi connectivity index (χ2n) is 7.82. The molecule has 0 unspecified atom stereocenters. The van der Waals surface area contributed by atoms with Crippen molar-refractivity contribution in [1.82, 2.24) is 0 Å². The minimum Gasteiger partial charge on any atom is -0.508 e. The van der Waals surface area contributed by atoms with Crippen molar-refractivity contribution in [2.45, 2.75) is 13.3 Å². The first-order valence-corrected chi connectivity index (χ1v) is 11.0. The lowest BCUT2D eigenvalue weighted by atomic mass is 9.87. The molecule has 9 heteroatoms. The van der Waals surface area contributed by atoms with Crippen molar-refractivity contribution >= 4 is 23.9 Å². The molecule has 192 valence electrons. The fourth-order valence-corrected chi connectivity index (χ4v) is 3.04. The average molecular weight is 499 g/mol. The highest BCUT2D eigenvalue weighted by Crippen LogP contribution is 2.32. The number of rotatable bonds is 12. The van der Waals surface area contributed by atoms with Gasteiger partial charge in [-0.3, -0.25) is 9.59 Å². The molecule has 0 aromatic heterocycles. The number of benzene rings is 2. The standard InChI is InChI=1S/C27H30O9/c1-4-27(16-28,17-29)26(33)36-25-14-19(8-12-24(25)35-3)6-10-21(31)15-20(30)9-5-18-7-11-23(34-2)22(32)13-18/h5-15,28-30,32H,4,16-17H2,1-3H3/b9-5+,10-6+,20-15-. The first kappa shape index (κ1) is 28.2. The van der Waals surface area contributed by atoms with Crippen LogP contribution < -0.4 is 14.2 Å². The molecule has 0 radical (unpaired) electrons. The molecule has 36 heavy (non-hydrogen) atoms. The van der Waals surface area contributed by atoms with Crippen molar-refractivity contribution in [2.75, 3.05) is 27.4 Å². The summed E-state index contributed by atoms with van der Waals surface area (Å²) in [5, 5.41) is 39.0. The Kier molecular flexibility index (Phi) is 10.3. The number of aromatic hydroxyl groups is 1. The highest BCUT2D eigenvalue weighted by molar-refractivity contribution is 6.02. The number of carbonyl (C=O) groups is 2.